The third-order valence-corrected chi connectivity index (χ3v) is 4.61. The summed E-state index contributed by atoms with van der Waals surface area (Å²) in [7, 11) is 3.67. The Hall–Kier alpha value is -2.53. The summed E-state index contributed by atoms with van der Waals surface area (Å²) in [6.45, 7) is 1.21. The highest BCUT2D eigenvalue weighted by atomic mass is 16.5. The smallest absolute Gasteiger partial charge is 0.224 e. The summed E-state index contributed by atoms with van der Waals surface area (Å²) < 4.78 is 5.16. The van der Waals surface area contributed by atoms with Gasteiger partial charge in [-0.1, -0.05) is 24.3 Å². The maximum Gasteiger partial charge on any atom is 0.224 e. The predicted octanol–water partition coefficient (Wildman–Crippen LogP) is 2.08. The van der Waals surface area contributed by atoms with Gasteiger partial charge in [0, 0.05) is 25.8 Å². The number of anilines is 1. The third-order valence-electron chi connectivity index (χ3n) is 4.61. The number of methoxy groups -OCH3 is 1. The number of likely N-dealkylation sites (N-methyl/N-ethyl adjacent to an activating group) is 1. The molecule has 0 fully saturated rings. The second kappa shape index (κ2) is 7.57. The van der Waals surface area contributed by atoms with Crippen molar-refractivity contribution in [1.82, 2.24) is 5.32 Å². The van der Waals surface area contributed by atoms with Gasteiger partial charge in [0.1, 0.15) is 5.75 Å². The van der Waals surface area contributed by atoms with Crippen molar-refractivity contribution in [2.24, 2.45) is 0 Å². The van der Waals surface area contributed by atoms with Crippen LogP contribution in [0.1, 0.15) is 22.8 Å². The number of carbonyl (C=O) groups excluding carboxylic acids is 1. The molecule has 25 heavy (non-hydrogen) atoms. The van der Waals surface area contributed by atoms with Gasteiger partial charge in [0.05, 0.1) is 19.6 Å². The van der Waals surface area contributed by atoms with Crippen molar-refractivity contribution >= 4 is 11.6 Å². The van der Waals surface area contributed by atoms with Gasteiger partial charge in [-0.25, -0.2) is 0 Å². The fourth-order valence-electron chi connectivity index (χ4n) is 3.15. The molecule has 1 heterocycles. The second-order valence-corrected chi connectivity index (χ2v) is 6.41. The number of rotatable bonds is 6. The van der Waals surface area contributed by atoms with Crippen LogP contribution in [0, 0.1) is 0 Å². The van der Waals surface area contributed by atoms with Crippen LogP contribution < -0.4 is 15.0 Å². The molecule has 0 spiro atoms. The zero-order chi connectivity index (χ0) is 17.8. The van der Waals surface area contributed by atoms with Crippen LogP contribution >= 0.6 is 0 Å². The lowest BCUT2D eigenvalue weighted by molar-refractivity contribution is -0.120. The van der Waals surface area contributed by atoms with E-state index in [0.717, 1.165) is 29.8 Å². The average molecular weight is 340 g/mol. The number of aliphatic hydroxyl groups excluding tert-OH is 1. The Morgan fingerprint density at radius 1 is 1.32 bits per heavy atom. The van der Waals surface area contributed by atoms with E-state index in [4.69, 9.17) is 4.74 Å². The molecule has 5 heteroatoms. The molecule has 1 atom stereocenters. The summed E-state index contributed by atoms with van der Waals surface area (Å²) in [5.41, 5.74) is 4.20. The molecule has 132 valence electrons. The van der Waals surface area contributed by atoms with Crippen molar-refractivity contribution in [1.29, 1.82) is 0 Å². The Labute approximate surface area is 148 Å². The number of carbonyl (C=O) groups is 1. The predicted molar refractivity (Wildman–Crippen MR) is 98.1 cm³/mol. The SMILES string of the molecule is COc1cccc(CC(=O)NCC(O)c2ccc3c(c2)CCN3C)c1. The summed E-state index contributed by atoms with van der Waals surface area (Å²) in [6, 6.07) is 13.4. The lowest BCUT2D eigenvalue weighted by Crippen LogP contribution is -2.29. The number of nitrogens with zero attached hydrogens (tertiary/aromatic N) is 1. The monoisotopic (exact) mass is 340 g/mol. The minimum absolute atomic E-state index is 0.117. The first-order valence-corrected chi connectivity index (χ1v) is 8.48. The van der Waals surface area contributed by atoms with Gasteiger partial charge < -0.3 is 20.1 Å². The Bertz CT molecular complexity index is 760. The zero-order valence-electron chi connectivity index (χ0n) is 14.7. The largest absolute Gasteiger partial charge is 0.497 e. The molecule has 0 saturated heterocycles. The normalized spacial score (nSPS) is 14.1. The molecule has 0 saturated carbocycles. The van der Waals surface area contributed by atoms with E-state index in [1.165, 1.54) is 11.3 Å². The molecule has 1 amide bonds. The van der Waals surface area contributed by atoms with Crippen LogP contribution in [-0.4, -0.2) is 38.3 Å². The second-order valence-electron chi connectivity index (χ2n) is 6.41. The summed E-state index contributed by atoms with van der Waals surface area (Å²) in [5, 5.41) is 13.2. The molecule has 0 bridgehead atoms. The molecule has 1 aliphatic rings. The van der Waals surface area contributed by atoms with Gasteiger partial charge in [-0.2, -0.15) is 0 Å². The summed E-state index contributed by atoms with van der Waals surface area (Å²) >= 11 is 0. The zero-order valence-corrected chi connectivity index (χ0v) is 14.7. The van der Waals surface area contributed by atoms with Gasteiger partial charge in [0.2, 0.25) is 5.91 Å². The molecular weight excluding hydrogens is 316 g/mol. The minimum atomic E-state index is -0.703. The molecule has 0 aliphatic carbocycles. The first kappa shape index (κ1) is 17.3. The van der Waals surface area contributed by atoms with Crippen LogP contribution in [0.3, 0.4) is 0 Å². The van der Waals surface area contributed by atoms with Crippen LogP contribution in [0.2, 0.25) is 0 Å². The van der Waals surface area contributed by atoms with Gasteiger partial charge in [-0.3, -0.25) is 4.79 Å². The Morgan fingerprint density at radius 3 is 2.96 bits per heavy atom. The highest BCUT2D eigenvalue weighted by Crippen LogP contribution is 2.29. The fourth-order valence-corrected chi connectivity index (χ4v) is 3.15. The van der Waals surface area contributed by atoms with Crippen LogP contribution in [0.15, 0.2) is 42.5 Å². The molecule has 0 radical (unpaired) electrons. The number of fused-ring (bicyclic) bond motifs is 1. The van der Waals surface area contributed by atoms with Crippen LogP contribution in [-0.2, 0) is 17.6 Å². The van der Waals surface area contributed by atoms with E-state index in [-0.39, 0.29) is 18.9 Å². The first-order valence-electron chi connectivity index (χ1n) is 8.48. The Kier molecular flexibility index (Phi) is 5.24. The molecule has 1 aliphatic heterocycles. The van der Waals surface area contributed by atoms with E-state index in [0.29, 0.717) is 0 Å². The van der Waals surface area contributed by atoms with E-state index < -0.39 is 6.10 Å². The van der Waals surface area contributed by atoms with Crippen molar-refractivity contribution < 1.29 is 14.6 Å². The van der Waals surface area contributed by atoms with Crippen LogP contribution in [0.4, 0.5) is 5.69 Å². The number of ether oxygens (including phenoxy) is 1. The maximum absolute atomic E-state index is 12.1. The minimum Gasteiger partial charge on any atom is -0.497 e. The van der Waals surface area contributed by atoms with E-state index in [1.54, 1.807) is 7.11 Å². The summed E-state index contributed by atoms with van der Waals surface area (Å²) in [5.74, 6) is 0.613. The number of hydrogen-bond donors (Lipinski definition) is 2. The lowest BCUT2D eigenvalue weighted by atomic mass is 10.0. The molecule has 0 aromatic heterocycles. The van der Waals surface area contributed by atoms with Gasteiger partial charge in [-0.15, -0.1) is 0 Å². The Balaban J connectivity index is 1.55. The number of amides is 1. The van der Waals surface area contributed by atoms with Gasteiger partial charge >= 0.3 is 0 Å². The number of hydrogen-bond acceptors (Lipinski definition) is 4. The quantitative estimate of drug-likeness (QED) is 0.845. The summed E-state index contributed by atoms with van der Waals surface area (Å²) in [4.78, 5) is 14.3. The maximum atomic E-state index is 12.1. The summed E-state index contributed by atoms with van der Waals surface area (Å²) in [6.07, 6.45) is 0.554. The van der Waals surface area contributed by atoms with E-state index in [9.17, 15) is 9.90 Å². The molecule has 1 unspecified atom stereocenters. The fraction of sp³-hybridized carbons (Fsp3) is 0.350. The average Bonchev–Trinajstić information content (AvgIpc) is 3.00. The molecule has 2 aromatic carbocycles. The van der Waals surface area contributed by atoms with E-state index >= 15 is 0 Å². The van der Waals surface area contributed by atoms with Crippen LogP contribution in [0.25, 0.3) is 0 Å². The third kappa shape index (κ3) is 4.12. The number of nitrogens with one attached hydrogen (secondary N) is 1. The molecular formula is C20H24N2O3. The van der Waals surface area contributed by atoms with Crippen molar-refractivity contribution in [3.63, 3.8) is 0 Å². The van der Waals surface area contributed by atoms with Crippen molar-refractivity contribution in [3.05, 3.63) is 59.2 Å². The number of benzene rings is 2. The molecule has 2 N–H and O–H groups in total. The topological polar surface area (TPSA) is 61.8 Å². The lowest BCUT2D eigenvalue weighted by Gasteiger charge is -2.15. The van der Waals surface area contributed by atoms with Crippen molar-refractivity contribution in [2.75, 3.05) is 32.1 Å². The molecule has 2 aromatic rings. The highest BCUT2D eigenvalue weighted by Gasteiger charge is 2.18. The number of aliphatic hydroxyl groups is 1. The molecule has 5 nitrogen and oxygen atoms in total. The van der Waals surface area contributed by atoms with Crippen molar-refractivity contribution in [3.8, 4) is 5.75 Å². The van der Waals surface area contributed by atoms with Gasteiger partial charge in [0.25, 0.3) is 0 Å². The van der Waals surface area contributed by atoms with Gasteiger partial charge in [0.15, 0.2) is 0 Å². The van der Waals surface area contributed by atoms with Crippen molar-refractivity contribution in [2.45, 2.75) is 18.9 Å². The Morgan fingerprint density at radius 2 is 2.16 bits per heavy atom. The molecule has 3 rings (SSSR count). The standard InChI is InChI=1S/C20H24N2O3/c1-22-9-8-15-12-16(6-7-18(15)22)19(23)13-21-20(24)11-14-4-3-5-17(10-14)25-2/h3-7,10,12,19,23H,8-9,11,13H2,1-2H3,(H,21,24). The van der Waals surface area contributed by atoms with Crippen LogP contribution in [0.5, 0.6) is 5.75 Å². The highest BCUT2D eigenvalue weighted by molar-refractivity contribution is 5.78. The van der Waals surface area contributed by atoms with Gasteiger partial charge in [-0.05, 0) is 41.3 Å². The first-order chi connectivity index (χ1) is 12.1. The van der Waals surface area contributed by atoms with E-state index in [1.807, 2.05) is 42.5 Å². The van der Waals surface area contributed by atoms with E-state index in [2.05, 4.69) is 17.3 Å².